The van der Waals surface area contributed by atoms with Gasteiger partial charge in [0.2, 0.25) is 5.54 Å². The fourth-order valence-electron chi connectivity index (χ4n) is 1.89. The van der Waals surface area contributed by atoms with Crippen LogP contribution >= 0.6 is 0 Å². The second-order valence-electron chi connectivity index (χ2n) is 3.88. The number of primary amides is 1. The molecule has 2 heterocycles. The van der Waals surface area contributed by atoms with Gasteiger partial charge in [0.15, 0.2) is 0 Å². The van der Waals surface area contributed by atoms with E-state index < -0.39 is 42.5 Å². The summed E-state index contributed by atoms with van der Waals surface area (Å²) in [5, 5.41) is 38.5. The van der Waals surface area contributed by atoms with E-state index in [1.807, 2.05) is 0 Å². The number of carbonyl (C=O) groups is 1. The van der Waals surface area contributed by atoms with Crippen molar-refractivity contribution in [2.45, 2.75) is 30.0 Å². The Morgan fingerprint density at radius 2 is 2.18 bits per heavy atom. The van der Waals surface area contributed by atoms with Crippen LogP contribution in [0.2, 0.25) is 0 Å². The Balaban J connectivity index is 2.31. The van der Waals surface area contributed by atoms with E-state index >= 15 is 0 Å². The van der Waals surface area contributed by atoms with Gasteiger partial charge in [0, 0.05) is 0 Å². The van der Waals surface area contributed by atoms with Gasteiger partial charge in [-0.25, -0.2) is 0 Å². The van der Waals surface area contributed by atoms with Gasteiger partial charge in [0.25, 0.3) is 5.91 Å². The fraction of sp³-hybridized carbons (Fsp3) is 0.750. The second kappa shape index (κ2) is 4.11. The van der Waals surface area contributed by atoms with Gasteiger partial charge in [0.05, 0.1) is 12.8 Å². The Morgan fingerprint density at radius 3 is 2.59 bits per heavy atom. The molecule has 9 nitrogen and oxygen atoms in total. The maximum Gasteiger partial charge on any atom is 0.255 e. The molecule has 94 valence electrons. The molecule has 1 saturated heterocycles. The average Bonchev–Trinajstić information content (AvgIpc) is 2.87. The zero-order valence-corrected chi connectivity index (χ0v) is 8.67. The Morgan fingerprint density at radius 1 is 1.47 bits per heavy atom. The molecule has 0 bridgehead atoms. The summed E-state index contributed by atoms with van der Waals surface area (Å²) in [6.07, 6.45) is -3.92. The number of aliphatic hydroxyl groups excluding tert-OH is 3. The molecule has 0 aromatic rings. The highest BCUT2D eigenvalue weighted by molar-refractivity contribution is 6.04. The Bertz CT molecular complexity index is 372. The van der Waals surface area contributed by atoms with Crippen molar-refractivity contribution in [3.05, 3.63) is 0 Å². The Labute approximate surface area is 95.6 Å². The van der Waals surface area contributed by atoms with Gasteiger partial charge in [-0.3, -0.25) is 4.79 Å². The van der Waals surface area contributed by atoms with E-state index in [1.165, 1.54) is 0 Å². The Kier molecular flexibility index (Phi) is 2.91. The minimum Gasteiger partial charge on any atom is -0.394 e. The van der Waals surface area contributed by atoms with Gasteiger partial charge in [-0.2, -0.15) is 0 Å². The number of hydrogen-bond donors (Lipinski definition) is 4. The van der Waals surface area contributed by atoms with Gasteiger partial charge in [0.1, 0.15) is 24.4 Å². The van der Waals surface area contributed by atoms with E-state index in [1.54, 1.807) is 0 Å². The molecular weight excluding hydrogens is 232 g/mol. The molecule has 2 rings (SSSR count). The van der Waals surface area contributed by atoms with Crippen LogP contribution in [0.4, 0.5) is 0 Å². The van der Waals surface area contributed by atoms with E-state index in [-0.39, 0.29) is 0 Å². The minimum absolute atomic E-state index is 0.502. The first-order chi connectivity index (χ1) is 8.03. The standard InChI is InChI=1S/C8H12N4O5/c9-7(16)8(2-10-12-11-8)6-5(15)4(14)3(1-13)17-6/h2-6,13-15H,1H2,(H2,9,16)/t3-,4-,5-,6-,8?/m1/s1. The number of aliphatic hydroxyl groups is 3. The molecule has 0 aromatic heterocycles. The van der Waals surface area contributed by atoms with Crippen molar-refractivity contribution < 1.29 is 24.9 Å². The minimum atomic E-state index is -1.73. The highest BCUT2D eigenvalue weighted by Crippen LogP contribution is 2.32. The average molecular weight is 244 g/mol. The van der Waals surface area contributed by atoms with Crippen LogP contribution < -0.4 is 5.73 Å². The molecule has 1 unspecified atom stereocenters. The summed E-state index contributed by atoms with van der Waals surface area (Å²) in [4.78, 5) is 11.4. The lowest BCUT2D eigenvalue weighted by Gasteiger charge is -2.26. The number of ether oxygens (including phenoxy) is 1. The maximum absolute atomic E-state index is 11.4. The van der Waals surface area contributed by atoms with Crippen molar-refractivity contribution in [3.8, 4) is 0 Å². The quantitative estimate of drug-likeness (QED) is 0.421. The second-order valence-corrected chi connectivity index (χ2v) is 3.88. The van der Waals surface area contributed by atoms with Crippen molar-refractivity contribution in [2.24, 2.45) is 21.2 Å². The topological polar surface area (TPSA) is 150 Å². The van der Waals surface area contributed by atoms with E-state index in [4.69, 9.17) is 15.6 Å². The van der Waals surface area contributed by atoms with Gasteiger partial charge in [-0.15, -0.1) is 10.2 Å². The van der Waals surface area contributed by atoms with Crippen molar-refractivity contribution in [1.29, 1.82) is 0 Å². The van der Waals surface area contributed by atoms with Crippen LogP contribution in [-0.2, 0) is 9.53 Å². The summed E-state index contributed by atoms with van der Waals surface area (Å²) in [5.41, 5.74) is 3.46. The maximum atomic E-state index is 11.4. The smallest absolute Gasteiger partial charge is 0.255 e. The number of nitrogens with two attached hydrogens (primary N) is 1. The summed E-state index contributed by atoms with van der Waals surface area (Å²) >= 11 is 0. The molecule has 0 aliphatic carbocycles. The molecule has 0 saturated carbocycles. The van der Waals surface area contributed by atoms with Crippen molar-refractivity contribution in [2.75, 3.05) is 6.61 Å². The van der Waals surface area contributed by atoms with Crippen LogP contribution in [0.5, 0.6) is 0 Å². The SMILES string of the molecule is NC(=O)C1([C@@H]2O[C@H](CO)[C@@H](O)[C@H]2O)C=NN=N1. The predicted octanol–water partition coefficient (Wildman–Crippen LogP) is -2.86. The van der Waals surface area contributed by atoms with Crippen LogP contribution in [0.3, 0.4) is 0 Å². The van der Waals surface area contributed by atoms with Crippen LogP contribution in [0, 0.1) is 0 Å². The van der Waals surface area contributed by atoms with Crippen molar-refractivity contribution >= 4 is 12.1 Å². The number of nitrogens with zero attached hydrogens (tertiary/aromatic N) is 3. The Hall–Kier alpha value is -1.42. The molecule has 1 fully saturated rings. The van der Waals surface area contributed by atoms with E-state index in [0.29, 0.717) is 0 Å². The zero-order valence-electron chi connectivity index (χ0n) is 8.67. The normalized spacial score (nSPS) is 44.4. The molecule has 5 N–H and O–H groups in total. The third kappa shape index (κ3) is 1.63. The van der Waals surface area contributed by atoms with Crippen molar-refractivity contribution in [1.82, 2.24) is 0 Å². The van der Waals surface area contributed by atoms with Crippen LogP contribution in [0.1, 0.15) is 0 Å². The molecule has 0 aromatic carbocycles. The molecule has 2 aliphatic heterocycles. The predicted molar refractivity (Wildman–Crippen MR) is 53.0 cm³/mol. The van der Waals surface area contributed by atoms with Crippen molar-refractivity contribution in [3.63, 3.8) is 0 Å². The highest BCUT2D eigenvalue weighted by atomic mass is 16.6. The molecule has 2 aliphatic rings. The lowest BCUT2D eigenvalue weighted by atomic mass is 9.89. The third-order valence-electron chi connectivity index (χ3n) is 2.89. The van der Waals surface area contributed by atoms with Gasteiger partial charge < -0.3 is 25.8 Å². The first-order valence-corrected chi connectivity index (χ1v) is 4.91. The summed E-state index contributed by atoms with van der Waals surface area (Å²) in [5.74, 6) is -0.905. The highest BCUT2D eigenvalue weighted by Gasteiger charge is 2.57. The number of amides is 1. The van der Waals surface area contributed by atoms with E-state index in [0.717, 1.165) is 6.21 Å². The van der Waals surface area contributed by atoms with E-state index in [2.05, 4.69) is 15.4 Å². The first-order valence-electron chi connectivity index (χ1n) is 4.91. The fourth-order valence-corrected chi connectivity index (χ4v) is 1.89. The number of rotatable bonds is 3. The molecule has 0 radical (unpaired) electrons. The summed E-state index contributed by atoms with van der Waals surface area (Å²) < 4.78 is 5.19. The lowest BCUT2D eigenvalue weighted by molar-refractivity contribution is -0.127. The number of hydrogen-bond acceptors (Lipinski definition) is 8. The molecule has 0 spiro atoms. The van der Waals surface area contributed by atoms with Crippen LogP contribution in [-0.4, -0.2) is 64.0 Å². The summed E-state index contributed by atoms with van der Waals surface area (Å²) in [6.45, 7) is -0.502. The zero-order chi connectivity index (χ0) is 12.6. The third-order valence-corrected chi connectivity index (χ3v) is 2.89. The molecule has 1 amide bonds. The molecule has 17 heavy (non-hydrogen) atoms. The van der Waals surface area contributed by atoms with Gasteiger partial charge in [-0.05, 0) is 5.22 Å². The lowest BCUT2D eigenvalue weighted by Crippen LogP contribution is -2.56. The van der Waals surface area contributed by atoms with Gasteiger partial charge >= 0.3 is 0 Å². The summed E-state index contributed by atoms with van der Waals surface area (Å²) in [7, 11) is 0. The monoisotopic (exact) mass is 244 g/mol. The molecule has 5 atom stereocenters. The summed E-state index contributed by atoms with van der Waals surface area (Å²) in [6, 6.07) is 0. The van der Waals surface area contributed by atoms with Gasteiger partial charge in [-0.1, -0.05) is 0 Å². The molecule has 9 heteroatoms. The largest absolute Gasteiger partial charge is 0.394 e. The van der Waals surface area contributed by atoms with Crippen LogP contribution in [0.25, 0.3) is 0 Å². The molecular formula is C8H12N4O5. The number of carbonyl (C=O) groups excluding carboxylic acids is 1. The first kappa shape index (κ1) is 12.0. The van der Waals surface area contributed by atoms with E-state index in [9.17, 15) is 15.0 Å². The van der Waals surface area contributed by atoms with Crippen LogP contribution in [0.15, 0.2) is 15.4 Å².